The summed E-state index contributed by atoms with van der Waals surface area (Å²) in [6.07, 6.45) is 3.74. The number of nitrogens with zero attached hydrogens (tertiary/aromatic N) is 2. The smallest absolute Gasteiger partial charge is 0.317 e. The van der Waals surface area contributed by atoms with Crippen molar-refractivity contribution in [2.75, 3.05) is 26.2 Å². The number of likely N-dealkylation sites (tertiary alicyclic amines) is 1. The Morgan fingerprint density at radius 3 is 2.33 bits per heavy atom. The minimum atomic E-state index is -0.880. The first-order chi connectivity index (χ1) is 9.91. The Balaban J connectivity index is 2.39. The molecular weight excluding hydrogens is 270 g/mol. The second kappa shape index (κ2) is 8.87. The molecule has 1 fully saturated rings. The van der Waals surface area contributed by atoms with Crippen LogP contribution in [-0.2, 0) is 4.79 Å². The van der Waals surface area contributed by atoms with Gasteiger partial charge in [0, 0.05) is 25.2 Å². The van der Waals surface area contributed by atoms with Crippen LogP contribution in [0.3, 0.4) is 0 Å². The summed E-state index contributed by atoms with van der Waals surface area (Å²) in [6.45, 7) is 8.98. The Kier molecular flexibility index (Phi) is 7.50. The molecule has 6 nitrogen and oxygen atoms in total. The molecular formula is C15H29N3O3. The van der Waals surface area contributed by atoms with Crippen molar-refractivity contribution >= 4 is 12.0 Å². The van der Waals surface area contributed by atoms with E-state index in [0.717, 1.165) is 13.1 Å². The first-order valence-corrected chi connectivity index (χ1v) is 7.92. The zero-order valence-electron chi connectivity index (χ0n) is 13.5. The van der Waals surface area contributed by atoms with E-state index >= 15 is 0 Å². The van der Waals surface area contributed by atoms with E-state index < -0.39 is 5.97 Å². The Labute approximate surface area is 127 Å². The zero-order valence-corrected chi connectivity index (χ0v) is 13.5. The summed E-state index contributed by atoms with van der Waals surface area (Å²) in [6, 6.07) is 0.146. The van der Waals surface area contributed by atoms with E-state index in [2.05, 4.69) is 17.1 Å². The number of piperidine rings is 1. The van der Waals surface area contributed by atoms with Gasteiger partial charge in [-0.25, -0.2) is 4.79 Å². The molecule has 21 heavy (non-hydrogen) atoms. The number of carbonyl (C=O) groups is 2. The molecule has 1 saturated heterocycles. The van der Waals surface area contributed by atoms with Crippen molar-refractivity contribution in [1.82, 2.24) is 15.1 Å². The third kappa shape index (κ3) is 6.33. The monoisotopic (exact) mass is 299 g/mol. The van der Waals surface area contributed by atoms with E-state index in [9.17, 15) is 9.59 Å². The Bertz CT molecular complexity index is 341. The molecule has 6 heteroatoms. The summed E-state index contributed by atoms with van der Waals surface area (Å²) in [5, 5.41) is 11.7. The Morgan fingerprint density at radius 1 is 1.19 bits per heavy atom. The standard InChI is InChI=1S/C15H29N3O3/c1-12(2)18(10-7-14(19)20)15(21)16-11-13(3)17-8-5-4-6-9-17/h12-13H,4-11H2,1-3H3,(H,16,21)(H,19,20). The van der Waals surface area contributed by atoms with Gasteiger partial charge in [0.25, 0.3) is 0 Å². The summed E-state index contributed by atoms with van der Waals surface area (Å²) >= 11 is 0. The number of carbonyl (C=O) groups excluding carboxylic acids is 1. The fraction of sp³-hybridized carbons (Fsp3) is 0.867. The number of nitrogens with one attached hydrogen (secondary N) is 1. The van der Waals surface area contributed by atoms with Gasteiger partial charge >= 0.3 is 12.0 Å². The molecule has 1 unspecified atom stereocenters. The van der Waals surface area contributed by atoms with Crippen LogP contribution in [0.25, 0.3) is 0 Å². The molecule has 0 saturated carbocycles. The predicted octanol–water partition coefficient (Wildman–Crippen LogP) is 1.76. The number of carboxylic acids is 1. The van der Waals surface area contributed by atoms with E-state index in [4.69, 9.17) is 5.11 Å². The van der Waals surface area contributed by atoms with Gasteiger partial charge in [-0.05, 0) is 46.7 Å². The van der Waals surface area contributed by atoms with E-state index in [1.54, 1.807) is 4.90 Å². The molecule has 1 rings (SSSR count). The van der Waals surface area contributed by atoms with Crippen LogP contribution < -0.4 is 5.32 Å². The van der Waals surface area contributed by atoms with Crippen LogP contribution in [0.5, 0.6) is 0 Å². The number of urea groups is 1. The molecule has 1 aliphatic heterocycles. The van der Waals surface area contributed by atoms with Crippen LogP contribution in [0.1, 0.15) is 46.5 Å². The molecule has 0 radical (unpaired) electrons. The molecule has 2 N–H and O–H groups in total. The van der Waals surface area contributed by atoms with Crippen molar-refractivity contribution < 1.29 is 14.7 Å². The Hall–Kier alpha value is -1.30. The van der Waals surface area contributed by atoms with Gasteiger partial charge in [-0.3, -0.25) is 9.69 Å². The average Bonchev–Trinajstić information content (AvgIpc) is 2.45. The van der Waals surface area contributed by atoms with Gasteiger partial charge in [0.15, 0.2) is 0 Å². The molecule has 0 aromatic carbocycles. The first-order valence-electron chi connectivity index (χ1n) is 7.92. The molecule has 122 valence electrons. The summed E-state index contributed by atoms with van der Waals surface area (Å²) < 4.78 is 0. The average molecular weight is 299 g/mol. The second-order valence-corrected chi connectivity index (χ2v) is 6.06. The molecule has 1 atom stereocenters. The topological polar surface area (TPSA) is 72.9 Å². The number of hydrogen-bond acceptors (Lipinski definition) is 3. The number of carboxylic acid groups (broad SMARTS) is 1. The van der Waals surface area contributed by atoms with Crippen molar-refractivity contribution in [1.29, 1.82) is 0 Å². The van der Waals surface area contributed by atoms with Crippen molar-refractivity contribution in [2.45, 2.75) is 58.5 Å². The summed E-state index contributed by atoms with van der Waals surface area (Å²) in [5.41, 5.74) is 0. The molecule has 1 heterocycles. The van der Waals surface area contributed by atoms with Gasteiger partial charge in [0.1, 0.15) is 0 Å². The van der Waals surface area contributed by atoms with Crippen LogP contribution >= 0.6 is 0 Å². The zero-order chi connectivity index (χ0) is 15.8. The van der Waals surface area contributed by atoms with Gasteiger partial charge in [-0.1, -0.05) is 6.42 Å². The lowest BCUT2D eigenvalue weighted by Crippen LogP contribution is -2.50. The van der Waals surface area contributed by atoms with Crippen molar-refractivity contribution in [3.8, 4) is 0 Å². The molecule has 0 aromatic rings. The lowest BCUT2D eigenvalue weighted by Gasteiger charge is -2.33. The number of aliphatic carboxylic acids is 1. The third-order valence-corrected chi connectivity index (χ3v) is 4.01. The highest BCUT2D eigenvalue weighted by atomic mass is 16.4. The molecule has 0 aliphatic carbocycles. The third-order valence-electron chi connectivity index (χ3n) is 4.01. The van der Waals surface area contributed by atoms with E-state index in [1.807, 2.05) is 13.8 Å². The van der Waals surface area contributed by atoms with Crippen LogP contribution in [-0.4, -0.2) is 65.2 Å². The van der Waals surface area contributed by atoms with Gasteiger partial charge in [-0.2, -0.15) is 0 Å². The van der Waals surface area contributed by atoms with Gasteiger partial charge in [0.2, 0.25) is 0 Å². The fourth-order valence-electron chi connectivity index (χ4n) is 2.64. The normalized spacial score (nSPS) is 17.5. The van der Waals surface area contributed by atoms with Crippen LogP contribution in [0, 0.1) is 0 Å². The predicted molar refractivity (Wildman–Crippen MR) is 82.4 cm³/mol. The molecule has 1 aliphatic rings. The van der Waals surface area contributed by atoms with Crippen LogP contribution in [0.15, 0.2) is 0 Å². The second-order valence-electron chi connectivity index (χ2n) is 6.06. The number of rotatable bonds is 7. The van der Waals surface area contributed by atoms with E-state index in [-0.39, 0.29) is 25.0 Å². The quantitative estimate of drug-likeness (QED) is 0.751. The molecule has 0 spiro atoms. The van der Waals surface area contributed by atoms with Crippen molar-refractivity contribution in [3.05, 3.63) is 0 Å². The van der Waals surface area contributed by atoms with Gasteiger partial charge < -0.3 is 15.3 Å². The van der Waals surface area contributed by atoms with E-state index in [0.29, 0.717) is 12.6 Å². The highest BCUT2D eigenvalue weighted by Gasteiger charge is 2.20. The fourth-order valence-corrected chi connectivity index (χ4v) is 2.64. The largest absolute Gasteiger partial charge is 0.481 e. The maximum Gasteiger partial charge on any atom is 0.317 e. The lowest BCUT2D eigenvalue weighted by molar-refractivity contribution is -0.137. The molecule has 0 bridgehead atoms. The first kappa shape index (κ1) is 17.8. The van der Waals surface area contributed by atoms with Gasteiger partial charge in [-0.15, -0.1) is 0 Å². The highest BCUT2D eigenvalue weighted by Crippen LogP contribution is 2.11. The lowest BCUT2D eigenvalue weighted by atomic mass is 10.1. The highest BCUT2D eigenvalue weighted by molar-refractivity contribution is 5.75. The minimum Gasteiger partial charge on any atom is -0.481 e. The van der Waals surface area contributed by atoms with E-state index in [1.165, 1.54) is 19.3 Å². The maximum atomic E-state index is 12.2. The van der Waals surface area contributed by atoms with Crippen LogP contribution in [0.2, 0.25) is 0 Å². The number of hydrogen-bond donors (Lipinski definition) is 2. The SMILES string of the molecule is CC(CNC(=O)N(CCC(=O)O)C(C)C)N1CCCCC1. The van der Waals surface area contributed by atoms with Gasteiger partial charge in [0.05, 0.1) is 6.42 Å². The van der Waals surface area contributed by atoms with Crippen molar-refractivity contribution in [2.24, 2.45) is 0 Å². The van der Waals surface area contributed by atoms with Crippen LogP contribution in [0.4, 0.5) is 4.79 Å². The maximum absolute atomic E-state index is 12.2. The summed E-state index contributed by atoms with van der Waals surface area (Å²) in [5.74, 6) is -0.880. The molecule has 0 aromatic heterocycles. The Morgan fingerprint density at radius 2 is 1.81 bits per heavy atom. The van der Waals surface area contributed by atoms with Crippen molar-refractivity contribution in [3.63, 3.8) is 0 Å². The summed E-state index contributed by atoms with van der Waals surface area (Å²) in [7, 11) is 0. The minimum absolute atomic E-state index is 0.00496. The molecule has 2 amide bonds. The number of amides is 2. The summed E-state index contributed by atoms with van der Waals surface area (Å²) in [4.78, 5) is 26.8.